The van der Waals surface area contributed by atoms with E-state index >= 15 is 0 Å². The Morgan fingerprint density at radius 1 is 1.67 bits per heavy atom. The Balaban J connectivity index is 0.00000121. The van der Waals surface area contributed by atoms with Crippen LogP contribution in [0.1, 0.15) is 19.9 Å². The molecule has 66 valence electrons. The van der Waals surface area contributed by atoms with Crippen LogP contribution in [-0.4, -0.2) is 10.9 Å². The number of rotatable bonds is 2. The second-order valence-electron chi connectivity index (χ2n) is 2.27. The molecule has 1 heterocycles. The van der Waals surface area contributed by atoms with E-state index in [9.17, 15) is 4.79 Å². The van der Waals surface area contributed by atoms with Crippen molar-refractivity contribution in [3.63, 3.8) is 0 Å². The zero-order valence-electron chi connectivity index (χ0n) is 6.37. The molecule has 1 amide bonds. The highest BCUT2D eigenvalue weighted by Gasteiger charge is 1.91. The third-order valence-electron chi connectivity index (χ3n) is 1.26. The maximum atomic E-state index is 10.5. The summed E-state index contributed by atoms with van der Waals surface area (Å²) >= 11 is 0. The molecule has 0 unspecified atom stereocenters. The summed E-state index contributed by atoms with van der Waals surface area (Å²) in [5.74, 6) is -0.0196. The van der Waals surface area contributed by atoms with Crippen LogP contribution in [0.2, 0.25) is 0 Å². The fourth-order valence-corrected chi connectivity index (χ4v) is 0.729. The van der Waals surface area contributed by atoms with Gasteiger partial charge in [-0.05, 0) is 11.6 Å². The van der Waals surface area contributed by atoms with E-state index in [1.165, 1.54) is 6.92 Å². The maximum absolute atomic E-state index is 10.5. The van der Waals surface area contributed by atoms with Crippen molar-refractivity contribution in [1.29, 1.82) is 0 Å². The molecule has 0 aliphatic rings. The van der Waals surface area contributed by atoms with Crippen LogP contribution < -0.4 is 5.32 Å². The highest BCUT2D eigenvalue weighted by molar-refractivity contribution is 5.72. The Hall–Kier alpha value is -1.38. The van der Waals surface area contributed by atoms with E-state index in [1.807, 2.05) is 12.1 Å². The van der Waals surface area contributed by atoms with Gasteiger partial charge in [-0.3, -0.25) is 9.78 Å². The van der Waals surface area contributed by atoms with Gasteiger partial charge in [0.2, 0.25) is 5.91 Å². The summed E-state index contributed by atoms with van der Waals surface area (Å²) in [7, 11) is 0. The fourth-order valence-electron chi connectivity index (χ4n) is 0.729. The predicted octanol–water partition coefficient (Wildman–Crippen LogP) is 1.35. The van der Waals surface area contributed by atoms with Gasteiger partial charge in [0.25, 0.3) is 0 Å². The first-order valence-corrected chi connectivity index (χ1v) is 3.42. The largest absolute Gasteiger partial charge is 0.352 e. The van der Waals surface area contributed by atoms with Crippen molar-refractivity contribution in [2.24, 2.45) is 0 Å². The molecule has 3 nitrogen and oxygen atoms in total. The monoisotopic (exact) mass is 166 g/mol. The first-order chi connectivity index (χ1) is 5.29. The molecule has 3 heteroatoms. The lowest BCUT2D eigenvalue weighted by Crippen LogP contribution is -2.18. The van der Waals surface area contributed by atoms with Gasteiger partial charge in [-0.2, -0.15) is 0 Å². The van der Waals surface area contributed by atoms with Gasteiger partial charge in [0, 0.05) is 25.9 Å². The first-order valence-electron chi connectivity index (χ1n) is 3.42. The highest BCUT2D eigenvalue weighted by Crippen LogP contribution is 1.93. The standard InChI is InChI=1S/C8H10N2O.CH4/c1-7(11)10-6-8-3-2-4-9-5-8;/h2-5H,6H2,1H3,(H,10,11);1H4. The number of hydrogen-bond donors (Lipinski definition) is 1. The molecular formula is C9H14N2O. The number of nitrogens with one attached hydrogen (secondary N) is 1. The molecule has 1 aromatic rings. The topological polar surface area (TPSA) is 42.0 Å². The van der Waals surface area contributed by atoms with Crippen LogP contribution in [-0.2, 0) is 11.3 Å². The van der Waals surface area contributed by atoms with Gasteiger partial charge in [-0.15, -0.1) is 0 Å². The summed E-state index contributed by atoms with van der Waals surface area (Å²) in [5.41, 5.74) is 1.02. The second kappa shape index (κ2) is 5.29. The van der Waals surface area contributed by atoms with Crippen LogP contribution in [0.3, 0.4) is 0 Å². The van der Waals surface area contributed by atoms with Gasteiger partial charge in [-0.25, -0.2) is 0 Å². The number of aromatic nitrogens is 1. The normalized spacial score (nSPS) is 8.42. The minimum atomic E-state index is -0.0196. The van der Waals surface area contributed by atoms with Crippen molar-refractivity contribution in [2.75, 3.05) is 0 Å². The van der Waals surface area contributed by atoms with E-state index < -0.39 is 0 Å². The minimum absolute atomic E-state index is 0. The third kappa shape index (κ3) is 3.71. The Labute approximate surface area is 72.8 Å². The second-order valence-corrected chi connectivity index (χ2v) is 2.27. The van der Waals surface area contributed by atoms with E-state index in [0.717, 1.165) is 5.56 Å². The first kappa shape index (κ1) is 10.6. The Morgan fingerprint density at radius 3 is 2.92 bits per heavy atom. The van der Waals surface area contributed by atoms with Gasteiger partial charge < -0.3 is 5.32 Å². The van der Waals surface area contributed by atoms with Crippen LogP contribution in [0.25, 0.3) is 0 Å². The molecular weight excluding hydrogens is 152 g/mol. The van der Waals surface area contributed by atoms with Crippen LogP contribution >= 0.6 is 0 Å². The van der Waals surface area contributed by atoms with Gasteiger partial charge in [0.1, 0.15) is 0 Å². The molecule has 12 heavy (non-hydrogen) atoms. The smallest absolute Gasteiger partial charge is 0.217 e. The van der Waals surface area contributed by atoms with Crippen LogP contribution in [0.4, 0.5) is 0 Å². The molecule has 0 radical (unpaired) electrons. The van der Waals surface area contributed by atoms with Crippen molar-refractivity contribution < 1.29 is 4.79 Å². The van der Waals surface area contributed by atoms with Crippen LogP contribution in [0.15, 0.2) is 24.5 Å². The summed E-state index contributed by atoms with van der Waals surface area (Å²) in [4.78, 5) is 14.4. The quantitative estimate of drug-likeness (QED) is 0.720. The Bertz CT molecular complexity index is 234. The molecule has 0 saturated heterocycles. The molecule has 0 saturated carbocycles. The maximum Gasteiger partial charge on any atom is 0.217 e. The zero-order valence-corrected chi connectivity index (χ0v) is 6.37. The molecule has 0 fully saturated rings. The molecule has 0 bridgehead atoms. The van der Waals surface area contributed by atoms with E-state index in [-0.39, 0.29) is 13.3 Å². The van der Waals surface area contributed by atoms with Gasteiger partial charge >= 0.3 is 0 Å². The summed E-state index contributed by atoms with van der Waals surface area (Å²) in [6.07, 6.45) is 3.44. The molecule has 0 aromatic carbocycles. The number of carbonyl (C=O) groups excluding carboxylic acids is 1. The van der Waals surface area contributed by atoms with Gasteiger partial charge in [0.15, 0.2) is 0 Å². The third-order valence-corrected chi connectivity index (χ3v) is 1.26. The molecule has 1 rings (SSSR count). The molecule has 1 aromatic heterocycles. The van der Waals surface area contributed by atoms with E-state index in [2.05, 4.69) is 10.3 Å². The molecule has 1 N–H and O–H groups in total. The highest BCUT2D eigenvalue weighted by atomic mass is 16.1. The average Bonchev–Trinajstić information content (AvgIpc) is 2.03. The van der Waals surface area contributed by atoms with Crippen LogP contribution in [0, 0.1) is 0 Å². The molecule has 0 aliphatic heterocycles. The molecule has 0 spiro atoms. The van der Waals surface area contributed by atoms with Crippen LogP contribution in [0.5, 0.6) is 0 Å². The van der Waals surface area contributed by atoms with Crippen molar-refractivity contribution >= 4 is 5.91 Å². The fraction of sp³-hybridized carbons (Fsp3) is 0.333. The van der Waals surface area contributed by atoms with E-state index in [4.69, 9.17) is 0 Å². The Kier molecular flexibility index (Phi) is 4.69. The van der Waals surface area contributed by atoms with Crippen molar-refractivity contribution in [2.45, 2.75) is 20.9 Å². The number of nitrogens with zero attached hydrogens (tertiary/aromatic N) is 1. The Morgan fingerprint density at radius 2 is 2.42 bits per heavy atom. The van der Waals surface area contributed by atoms with Gasteiger partial charge in [0.05, 0.1) is 0 Å². The van der Waals surface area contributed by atoms with Crippen molar-refractivity contribution in [3.05, 3.63) is 30.1 Å². The van der Waals surface area contributed by atoms with Crippen molar-refractivity contribution in [3.8, 4) is 0 Å². The lowest BCUT2D eigenvalue weighted by molar-refractivity contribution is -0.119. The SMILES string of the molecule is C.CC(=O)NCc1cccnc1. The number of pyridine rings is 1. The number of hydrogen-bond acceptors (Lipinski definition) is 2. The summed E-state index contributed by atoms with van der Waals surface area (Å²) in [6.45, 7) is 2.06. The van der Waals surface area contributed by atoms with Crippen molar-refractivity contribution in [1.82, 2.24) is 10.3 Å². The number of amides is 1. The summed E-state index contributed by atoms with van der Waals surface area (Å²) in [6, 6.07) is 3.76. The minimum Gasteiger partial charge on any atom is -0.352 e. The van der Waals surface area contributed by atoms with E-state index in [1.54, 1.807) is 12.4 Å². The lowest BCUT2D eigenvalue weighted by Gasteiger charge is -1.99. The van der Waals surface area contributed by atoms with E-state index in [0.29, 0.717) is 6.54 Å². The molecule has 0 aliphatic carbocycles. The number of carbonyl (C=O) groups is 1. The molecule has 0 atom stereocenters. The van der Waals surface area contributed by atoms with Gasteiger partial charge in [-0.1, -0.05) is 13.5 Å². The average molecular weight is 166 g/mol. The zero-order chi connectivity index (χ0) is 8.10. The summed E-state index contributed by atoms with van der Waals surface area (Å²) in [5, 5.41) is 2.68. The predicted molar refractivity (Wildman–Crippen MR) is 48.5 cm³/mol. The summed E-state index contributed by atoms with van der Waals surface area (Å²) < 4.78 is 0. The lowest BCUT2D eigenvalue weighted by atomic mass is 10.3.